The Balaban J connectivity index is 2.16. The van der Waals surface area contributed by atoms with Crippen LogP contribution in [0.1, 0.15) is 21.5 Å². The highest BCUT2D eigenvalue weighted by Crippen LogP contribution is 2.19. The molecule has 0 bridgehead atoms. The first kappa shape index (κ1) is 19.0. The highest BCUT2D eigenvalue weighted by Gasteiger charge is 2.16. The molecule has 0 aromatic heterocycles. The van der Waals surface area contributed by atoms with Crippen LogP contribution in [0.2, 0.25) is 5.02 Å². The molecule has 0 aliphatic carbocycles. The molecule has 25 heavy (non-hydrogen) atoms. The van der Waals surface area contributed by atoms with Gasteiger partial charge in [0.05, 0.1) is 17.0 Å². The molecular formula is C18H17ClN2O3S. The first-order valence-corrected chi connectivity index (χ1v) is 9.27. The number of halogens is 1. The highest BCUT2D eigenvalue weighted by atomic mass is 35.5. The van der Waals surface area contributed by atoms with E-state index in [2.05, 4.69) is 21.9 Å². The largest absolute Gasteiger partial charge is 0.355 e. The topological polar surface area (TPSA) is 75.3 Å². The summed E-state index contributed by atoms with van der Waals surface area (Å²) in [6.45, 7) is 1.60. The molecule has 1 amide bonds. The molecule has 7 heteroatoms. The fourth-order valence-electron chi connectivity index (χ4n) is 2.14. The van der Waals surface area contributed by atoms with E-state index in [1.165, 1.54) is 13.1 Å². The van der Waals surface area contributed by atoms with Crippen molar-refractivity contribution in [3.8, 4) is 11.8 Å². The molecule has 130 valence electrons. The van der Waals surface area contributed by atoms with E-state index in [4.69, 9.17) is 11.6 Å². The fourth-order valence-corrected chi connectivity index (χ4v) is 3.57. The van der Waals surface area contributed by atoms with Gasteiger partial charge in [-0.2, -0.15) is 4.72 Å². The Bertz CT molecular complexity index is 960. The number of sulfonamides is 1. The fraction of sp³-hybridized carbons (Fsp3) is 0.167. The lowest BCUT2D eigenvalue weighted by atomic mass is 10.1. The van der Waals surface area contributed by atoms with Gasteiger partial charge in [0.2, 0.25) is 10.0 Å². The van der Waals surface area contributed by atoms with Crippen molar-refractivity contribution in [2.45, 2.75) is 11.8 Å². The molecule has 0 saturated heterocycles. The Morgan fingerprint density at radius 3 is 2.64 bits per heavy atom. The molecular weight excluding hydrogens is 360 g/mol. The molecule has 0 aliphatic heterocycles. The van der Waals surface area contributed by atoms with Crippen molar-refractivity contribution < 1.29 is 13.2 Å². The monoisotopic (exact) mass is 376 g/mol. The van der Waals surface area contributed by atoms with Gasteiger partial charge in [-0.1, -0.05) is 41.6 Å². The van der Waals surface area contributed by atoms with Crippen LogP contribution in [-0.4, -0.2) is 27.9 Å². The minimum atomic E-state index is -3.72. The second-order valence-electron chi connectivity index (χ2n) is 5.16. The molecule has 0 heterocycles. The SMILES string of the molecule is CNC(=O)c1ccccc1C#CCNS(=O)(=O)c1cc(Cl)ccc1C. The molecule has 0 radical (unpaired) electrons. The predicted octanol–water partition coefficient (Wildman–Crippen LogP) is 2.34. The number of carbonyl (C=O) groups excluding carboxylic acids is 1. The van der Waals surface area contributed by atoms with E-state index in [9.17, 15) is 13.2 Å². The summed E-state index contributed by atoms with van der Waals surface area (Å²) in [6, 6.07) is 11.5. The molecule has 2 rings (SSSR count). The summed E-state index contributed by atoms with van der Waals surface area (Å²) in [5, 5.41) is 2.88. The predicted molar refractivity (Wildman–Crippen MR) is 98.1 cm³/mol. The van der Waals surface area contributed by atoms with Gasteiger partial charge in [-0.3, -0.25) is 4.79 Å². The maximum absolute atomic E-state index is 12.3. The molecule has 0 unspecified atom stereocenters. The number of rotatable bonds is 4. The lowest BCUT2D eigenvalue weighted by Crippen LogP contribution is -2.24. The first-order valence-electron chi connectivity index (χ1n) is 7.41. The van der Waals surface area contributed by atoms with Gasteiger partial charge in [0.25, 0.3) is 5.91 Å². The van der Waals surface area contributed by atoms with E-state index in [1.54, 1.807) is 43.3 Å². The molecule has 2 aromatic carbocycles. The summed E-state index contributed by atoms with van der Waals surface area (Å²) in [6.07, 6.45) is 0. The van der Waals surface area contributed by atoms with Crippen LogP contribution in [0.15, 0.2) is 47.4 Å². The van der Waals surface area contributed by atoms with E-state index in [-0.39, 0.29) is 17.3 Å². The third-order valence-corrected chi connectivity index (χ3v) is 5.19. The summed E-state index contributed by atoms with van der Waals surface area (Å²) in [7, 11) is -2.18. The summed E-state index contributed by atoms with van der Waals surface area (Å²) in [5.41, 5.74) is 1.56. The Morgan fingerprint density at radius 1 is 1.20 bits per heavy atom. The number of nitrogens with one attached hydrogen (secondary N) is 2. The standard InChI is InChI=1S/C18H17ClN2O3S/c1-13-9-10-15(19)12-17(13)25(23,24)21-11-5-7-14-6-3-4-8-16(14)18(22)20-2/h3-4,6,8-10,12,21H,11H2,1-2H3,(H,20,22). The van der Waals surface area contributed by atoms with Crippen molar-refractivity contribution in [3.05, 3.63) is 64.2 Å². The van der Waals surface area contributed by atoms with E-state index < -0.39 is 10.0 Å². The van der Waals surface area contributed by atoms with Gasteiger partial charge in [0.1, 0.15) is 0 Å². The zero-order valence-electron chi connectivity index (χ0n) is 13.8. The quantitative estimate of drug-likeness (QED) is 0.804. The van der Waals surface area contributed by atoms with Crippen LogP contribution >= 0.6 is 11.6 Å². The lowest BCUT2D eigenvalue weighted by Gasteiger charge is -2.07. The van der Waals surface area contributed by atoms with Crippen LogP contribution in [0.3, 0.4) is 0 Å². The summed E-state index contributed by atoms with van der Waals surface area (Å²) >= 11 is 5.87. The van der Waals surface area contributed by atoms with E-state index in [0.717, 1.165) is 0 Å². The van der Waals surface area contributed by atoms with Crippen molar-refractivity contribution in [3.63, 3.8) is 0 Å². The third kappa shape index (κ3) is 4.83. The zero-order valence-corrected chi connectivity index (χ0v) is 15.3. The number of hydrogen-bond donors (Lipinski definition) is 2. The maximum Gasteiger partial charge on any atom is 0.252 e. The van der Waals surface area contributed by atoms with Crippen LogP contribution in [0.25, 0.3) is 0 Å². The Labute approximate surface area is 152 Å². The molecule has 0 atom stereocenters. The van der Waals surface area contributed by atoms with Gasteiger partial charge in [-0.05, 0) is 36.8 Å². The molecule has 0 saturated carbocycles. The Hall–Kier alpha value is -2.33. The van der Waals surface area contributed by atoms with Crippen molar-refractivity contribution >= 4 is 27.5 Å². The maximum atomic E-state index is 12.3. The summed E-state index contributed by atoms with van der Waals surface area (Å²) < 4.78 is 27.1. The van der Waals surface area contributed by atoms with Crippen molar-refractivity contribution in [2.75, 3.05) is 13.6 Å². The molecule has 2 N–H and O–H groups in total. The Morgan fingerprint density at radius 2 is 1.92 bits per heavy atom. The molecule has 0 spiro atoms. The van der Waals surface area contributed by atoms with Crippen LogP contribution in [0.5, 0.6) is 0 Å². The van der Waals surface area contributed by atoms with Crippen molar-refractivity contribution in [2.24, 2.45) is 0 Å². The molecule has 5 nitrogen and oxygen atoms in total. The summed E-state index contributed by atoms with van der Waals surface area (Å²) in [5.74, 6) is 5.29. The lowest BCUT2D eigenvalue weighted by molar-refractivity contribution is 0.0963. The van der Waals surface area contributed by atoms with Crippen LogP contribution in [0.4, 0.5) is 0 Å². The second kappa shape index (κ2) is 8.17. The Kier molecular flexibility index (Phi) is 6.21. The number of benzene rings is 2. The normalized spacial score (nSPS) is 10.7. The average molecular weight is 377 g/mol. The summed E-state index contributed by atoms with van der Waals surface area (Å²) in [4.78, 5) is 11.9. The van der Waals surface area contributed by atoms with E-state index >= 15 is 0 Å². The number of carbonyl (C=O) groups is 1. The minimum absolute atomic E-state index is 0.0869. The number of aryl methyl sites for hydroxylation is 1. The van der Waals surface area contributed by atoms with E-state index in [0.29, 0.717) is 21.7 Å². The molecule has 0 fully saturated rings. The molecule has 2 aromatic rings. The van der Waals surface area contributed by atoms with E-state index in [1.807, 2.05) is 0 Å². The van der Waals surface area contributed by atoms with Gasteiger partial charge in [0.15, 0.2) is 0 Å². The second-order valence-corrected chi connectivity index (χ2v) is 7.33. The van der Waals surface area contributed by atoms with Gasteiger partial charge in [-0.25, -0.2) is 8.42 Å². The molecule has 0 aliphatic rings. The third-order valence-electron chi connectivity index (χ3n) is 3.41. The smallest absolute Gasteiger partial charge is 0.252 e. The van der Waals surface area contributed by atoms with Crippen LogP contribution in [0, 0.1) is 18.8 Å². The van der Waals surface area contributed by atoms with Crippen LogP contribution in [-0.2, 0) is 10.0 Å². The number of amides is 1. The van der Waals surface area contributed by atoms with Gasteiger partial charge >= 0.3 is 0 Å². The zero-order chi connectivity index (χ0) is 18.4. The highest BCUT2D eigenvalue weighted by molar-refractivity contribution is 7.89. The van der Waals surface area contributed by atoms with Gasteiger partial charge < -0.3 is 5.32 Å². The van der Waals surface area contributed by atoms with Gasteiger partial charge in [0, 0.05) is 17.6 Å². The van der Waals surface area contributed by atoms with Crippen molar-refractivity contribution in [1.29, 1.82) is 0 Å². The number of hydrogen-bond acceptors (Lipinski definition) is 3. The van der Waals surface area contributed by atoms with Gasteiger partial charge in [-0.15, -0.1) is 0 Å². The van der Waals surface area contributed by atoms with Crippen molar-refractivity contribution in [1.82, 2.24) is 10.0 Å². The first-order chi connectivity index (χ1) is 11.8. The average Bonchev–Trinajstić information content (AvgIpc) is 2.60. The van der Waals surface area contributed by atoms with Crippen LogP contribution < -0.4 is 10.0 Å². The minimum Gasteiger partial charge on any atom is -0.355 e.